The first-order chi connectivity index (χ1) is 8.26. The Morgan fingerprint density at radius 1 is 1.29 bits per heavy atom. The number of hydrogen-bond acceptors (Lipinski definition) is 5. The Labute approximate surface area is 99.1 Å². The van der Waals surface area contributed by atoms with Gasteiger partial charge in [0.2, 0.25) is 5.88 Å². The molecule has 5 heteroatoms. The summed E-state index contributed by atoms with van der Waals surface area (Å²) in [4.78, 5) is 0. The van der Waals surface area contributed by atoms with E-state index in [9.17, 15) is 0 Å². The Kier molecular flexibility index (Phi) is 3.30. The van der Waals surface area contributed by atoms with Gasteiger partial charge in [-0.2, -0.15) is 0 Å². The number of anilines is 1. The Morgan fingerprint density at radius 2 is 2.12 bits per heavy atom. The fourth-order valence-electron chi connectivity index (χ4n) is 1.67. The van der Waals surface area contributed by atoms with Crippen LogP contribution >= 0.6 is 0 Å². The molecule has 1 aromatic heterocycles. The number of ether oxygens (including phenoxy) is 2. The number of nitrogens with zero attached hydrogens (tertiary/aromatic N) is 1. The SMILES string of the molecule is COCc1ccc(OC)c(-c2cnoc2N)c1. The Bertz CT molecular complexity index is 508. The van der Waals surface area contributed by atoms with Gasteiger partial charge < -0.3 is 19.7 Å². The quantitative estimate of drug-likeness (QED) is 0.876. The highest BCUT2D eigenvalue weighted by Crippen LogP contribution is 2.34. The fourth-order valence-corrected chi connectivity index (χ4v) is 1.67. The van der Waals surface area contributed by atoms with E-state index in [1.54, 1.807) is 20.4 Å². The Hall–Kier alpha value is -2.01. The number of rotatable bonds is 4. The third kappa shape index (κ3) is 2.24. The maximum atomic E-state index is 5.70. The van der Waals surface area contributed by atoms with Crippen LogP contribution in [0.5, 0.6) is 5.75 Å². The van der Waals surface area contributed by atoms with E-state index in [0.717, 1.165) is 22.4 Å². The molecule has 2 N–H and O–H groups in total. The van der Waals surface area contributed by atoms with Gasteiger partial charge in [0.15, 0.2) is 0 Å². The van der Waals surface area contributed by atoms with Crippen molar-refractivity contribution in [3.63, 3.8) is 0 Å². The summed E-state index contributed by atoms with van der Waals surface area (Å²) in [5.74, 6) is 0.998. The molecule has 0 aliphatic rings. The van der Waals surface area contributed by atoms with Gasteiger partial charge in [0.25, 0.3) is 0 Å². The summed E-state index contributed by atoms with van der Waals surface area (Å²) in [6, 6.07) is 5.76. The van der Waals surface area contributed by atoms with E-state index in [0.29, 0.717) is 6.61 Å². The lowest BCUT2D eigenvalue weighted by molar-refractivity contribution is 0.185. The maximum Gasteiger partial charge on any atom is 0.230 e. The first-order valence-electron chi connectivity index (χ1n) is 5.12. The summed E-state index contributed by atoms with van der Waals surface area (Å²) < 4.78 is 15.2. The van der Waals surface area contributed by atoms with Crippen molar-refractivity contribution in [1.29, 1.82) is 0 Å². The summed E-state index contributed by atoms with van der Waals surface area (Å²) in [5, 5.41) is 3.66. The minimum atomic E-state index is 0.276. The molecule has 0 unspecified atom stereocenters. The molecule has 1 heterocycles. The molecule has 0 atom stereocenters. The number of methoxy groups -OCH3 is 2. The average Bonchev–Trinajstić information content (AvgIpc) is 2.76. The number of aromatic nitrogens is 1. The van der Waals surface area contributed by atoms with Gasteiger partial charge in [-0.25, -0.2) is 0 Å². The summed E-state index contributed by atoms with van der Waals surface area (Å²) >= 11 is 0. The van der Waals surface area contributed by atoms with Gasteiger partial charge in [0.1, 0.15) is 5.75 Å². The highest BCUT2D eigenvalue weighted by molar-refractivity contribution is 5.77. The van der Waals surface area contributed by atoms with Gasteiger partial charge in [-0.15, -0.1) is 0 Å². The van der Waals surface area contributed by atoms with Gasteiger partial charge >= 0.3 is 0 Å². The van der Waals surface area contributed by atoms with E-state index in [4.69, 9.17) is 19.7 Å². The number of benzene rings is 1. The molecule has 1 aromatic carbocycles. The lowest BCUT2D eigenvalue weighted by Gasteiger charge is -2.09. The monoisotopic (exact) mass is 234 g/mol. The van der Waals surface area contributed by atoms with Crippen LogP contribution in [0.3, 0.4) is 0 Å². The molecule has 0 amide bonds. The molecule has 0 aliphatic heterocycles. The second-order valence-electron chi connectivity index (χ2n) is 3.57. The van der Waals surface area contributed by atoms with Gasteiger partial charge in [0.05, 0.1) is 25.5 Å². The van der Waals surface area contributed by atoms with Crippen molar-refractivity contribution in [2.75, 3.05) is 20.0 Å². The van der Waals surface area contributed by atoms with E-state index < -0.39 is 0 Å². The highest BCUT2D eigenvalue weighted by Gasteiger charge is 2.13. The van der Waals surface area contributed by atoms with Crippen LogP contribution in [-0.4, -0.2) is 19.4 Å². The van der Waals surface area contributed by atoms with Crippen LogP contribution < -0.4 is 10.5 Å². The van der Waals surface area contributed by atoms with Crippen molar-refractivity contribution in [2.24, 2.45) is 0 Å². The van der Waals surface area contributed by atoms with Crippen molar-refractivity contribution >= 4 is 5.88 Å². The predicted molar refractivity (Wildman–Crippen MR) is 63.6 cm³/mol. The largest absolute Gasteiger partial charge is 0.496 e. The standard InChI is InChI=1S/C12H14N2O3/c1-15-7-8-3-4-11(16-2)9(5-8)10-6-14-17-12(10)13/h3-6H,7,13H2,1-2H3. The maximum absolute atomic E-state index is 5.70. The summed E-state index contributed by atoms with van der Waals surface area (Å²) in [6.45, 7) is 0.530. The van der Waals surface area contributed by atoms with Crippen LogP contribution in [0.25, 0.3) is 11.1 Å². The van der Waals surface area contributed by atoms with Crippen LogP contribution in [-0.2, 0) is 11.3 Å². The molecule has 0 radical (unpaired) electrons. The van der Waals surface area contributed by atoms with Gasteiger partial charge in [0, 0.05) is 12.7 Å². The molecule has 17 heavy (non-hydrogen) atoms. The van der Waals surface area contributed by atoms with Crippen molar-refractivity contribution in [3.05, 3.63) is 30.0 Å². The van der Waals surface area contributed by atoms with E-state index >= 15 is 0 Å². The summed E-state index contributed by atoms with van der Waals surface area (Å²) in [7, 11) is 3.26. The zero-order valence-corrected chi connectivity index (χ0v) is 9.77. The molecule has 0 aliphatic carbocycles. The average molecular weight is 234 g/mol. The van der Waals surface area contributed by atoms with Gasteiger partial charge in [-0.1, -0.05) is 11.2 Å². The summed E-state index contributed by atoms with van der Waals surface area (Å²) in [6.07, 6.45) is 1.57. The van der Waals surface area contributed by atoms with Gasteiger partial charge in [-0.05, 0) is 17.7 Å². The zero-order chi connectivity index (χ0) is 12.3. The van der Waals surface area contributed by atoms with Crippen LogP contribution in [0.1, 0.15) is 5.56 Å². The lowest BCUT2D eigenvalue weighted by Crippen LogP contribution is -1.93. The van der Waals surface area contributed by atoms with Crippen molar-refractivity contribution in [3.8, 4) is 16.9 Å². The van der Waals surface area contributed by atoms with Gasteiger partial charge in [-0.3, -0.25) is 0 Å². The fraction of sp³-hybridized carbons (Fsp3) is 0.250. The second kappa shape index (κ2) is 4.88. The molecule has 90 valence electrons. The molecule has 5 nitrogen and oxygen atoms in total. The minimum absolute atomic E-state index is 0.276. The molecular formula is C12H14N2O3. The Balaban J connectivity index is 2.49. The third-order valence-corrected chi connectivity index (χ3v) is 2.46. The number of nitrogens with two attached hydrogens (primary N) is 1. The van der Waals surface area contributed by atoms with Crippen LogP contribution in [0.15, 0.2) is 28.9 Å². The molecule has 2 rings (SSSR count). The third-order valence-electron chi connectivity index (χ3n) is 2.46. The Morgan fingerprint density at radius 3 is 2.71 bits per heavy atom. The first-order valence-corrected chi connectivity index (χ1v) is 5.12. The number of nitrogen functional groups attached to an aromatic ring is 1. The molecule has 0 spiro atoms. The van der Waals surface area contributed by atoms with Crippen LogP contribution in [0, 0.1) is 0 Å². The lowest BCUT2D eigenvalue weighted by atomic mass is 10.0. The van der Waals surface area contributed by atoms with E-state index in [1.165, 1.54) is 0 Å². The smallest absolute Gasteiger partial charge is 0.230 e. The zero-order valence-electron chi connectivity index (χ0n) is 9.77. The first kappa shape index (κ1) is 11.5. The van der Waals surface area contributed by atoms with Crippen LogP contribution in [0.4, 0.5) is 5.88 Å². The van der Waals surface area contributed by atoms with Crippen molar-refractivity contribution < 1.29 is 14.0 Å². The normalized spacial score (nSPS) is 10.5. The molecule has 0 saturated carbocycles. The number of hydrogen-bond donors (Lipinski definition) is 1. The minimum Gasteiger partial charge on any atom is -0.496 e. The molecule has 2 aromatic rings. The van der Waals surface area contributed by atoms with Crippen molar-refractivity contribution in [2.45, 2.75) is 6.61 Å². The molecule has 0 saturated heterocycles. The van der Waals surface area contributed by atoms with E-state index in [2.05, 4.69) is 5.16 Å². The van der Waals surface area contributed by atoms with E-state index in [1.807, 2.05) is 18.2 Å². The van der Waals surface area contributed by atoms with E-state index in [-0.39, 0.29) is 5.88 Å². The molecular weight excluding hydrogens is 220 g/mol. The highest BCUT2D eigenvalue weighted by atomic mass is 16.5. The molecule has 0 fully saturated rings. The van der Waals surface area contributed by atoms with Crippen LogP contribution in [0.2, 0.25) is 0 Å². The molecule has 0 bridgehead atoms. The van der Waals surface area contributed by atoms with Crippen molar-refractivity contribution in [1.82, 2.24) is 5.16 Å². The second-order valence-corrected chi connectivity index (χ2v) is 3.57. The topological polar surface area (TPSA) is 70.5 Å². The summed E-state index contributed by atoms with van der Waals surface area (Å²) in [5.41, 5.74) is 8.31. The predicted octanol–water partition coefficient (Wildman–Crippen LogP) is 2.08.